The Kier molecular flexibility index (Phi) is 7.27. The van der Waals surface area contributed by atoms with Crippen LogP contribution in [0.2, 0.25) is 10.0 Å². The maximum Gasteiger partial charge on any atom is 0.238 e. The van der Waals surface area contributed by atoms with Gasteiger partial charge in [0.1, 0.15) is 11.2 Å². The number of fused-ring (bicyclic) bond motifs is 2. The third-order valence-electron chi connectivity index (χ3n) is 8.26. The van der Waals surface area contributed by atoms with Crippen LogP contribution in [0.1, 0.15) is 69.9 Å². The van der Waals surface area contributed by atoms with Gasteiger partial charge in [0.2, 0.25) is 11.8 Å². The van der Waals surface area contributed by atoms with E-state index in [1.54, 1.807) is 24.3 Å². The van der Waals surface area contributed by atoms with Gasteiger partial charge >= 0.3 is 0 Å². The van der Waals surface area contributed by atoms with E-state index >= 15 is 4.39 Å². The minimum absolute atomic E-state index is 0.0629. The molecule has 2 aromatic carbocycles. The SMILES string of the molecule is CC(C)(C)C[C@H]1N[C@@H](C(=O)NC2CCC(O)CC2)[C@H](c2cccc(Cl)c2F)[C@@]12C(=O)Nc1cc(Cl)ccc12. The van der Waals surface area contributed by atoms with Crippen molar-refractivity contribution in [1.82, 2.24) is 10.6 Å². The summed E-state index contributed by atoms with van der Waals surface area (Å²) in [4.78, 5) is 28.1. The molecule has 2 amide bonds. The molecule has 0 unspecified atom stereocenters. The molecule has 1 spiro atoms. The van der Waals surface area contributed by atoms with Crippen LogP contribution in [-0.2, 0) is 15.0 Å². The topological polar surface area (TPSA) is 90.5 Å². The van der Waals surface area contributed by atoms with Crippen LogP contribution in [0.5, 0.6) is 0 Å². The summed E-state index contributed by atoms with van der Waals surface area (Å²) in [6.45, 7) is 6.23. The largest absolute Gasteiger partial charge is 0.393 e. The standard InChI is InChI=1S/C29H34Cl2FN3O3/c1-28(2,3)14-22-29(19-12-7-15(30)13-21(19)34-27(29)38)23(18-5-4-6-20(31)24(18)32)25(35-22)26(37)33-16-8-10-17(36)11-9-16/h4-7,12-13,16-17,22-23,25,35-36H,8-11,14H2,1-3H3,(H,33,37)(H,34,38)/t16?,17?,22-,23+,25-,29+/m1/s1. The minimum Gasteiger partial charge on any atom is -0.393 e. The van der Waals surface area contributed by atoms with Crippen molar-refractivity contribution in [2.45, 2.75) is 88.4 Å². The summed E-state index contributed by atoms with van der Waals surface area (Å²) >= 11 is 12.5. The number of carbonyl (C=O) groups excluding carboxylic acids is 2. The van der Waals surface area contributed by atoms with Gasteiger partial charge in [0.25, 0.3) is 0 Å². The fourth-order valence-corrected chi connectivity index (χ4v) is 7.02. The Morgan fingerprint density at radius 1 is 1.16 bits per heavy atom. The lowest BCUT2D eigenvalue weighted by atomic mass is 9.62. The van der Waals surface area contributed by atoms with E-state index in [0.717, 1.165) is 0 Å². The molecule has 9 heteroatoms. The molecule has 38 heavy (non-hydrogen) atoms. The molecule has 2 aromatic rings. The van der Waals surface area contributed by atoms with Crippen LogP contribution in [0.25, 0.3) is 0 Å². The summed E-state index contributed by atoms with van der Waals surface area (Å²) in [5.41, 5.74) is -0.00278. The zero-order chi connectivity index (χ0) is 27.4. The number of hydrogen-bond acceptors (Lipinski definition) is 4. The quantitative estimate of drug-likeness (QED) is 0.407. The predicted octanol–water partition coefficient (Wildman–Crippen LogP) is 5.30. The molecule has 1 saturated carbocycles. The minimum atomic E-state index is -1.27. The van der Waals surface area contributed by atoms with E-state index in [0.29, 0.717) is 48.4 Å². The summed E-state index contributed by atoms with van der Waals surface area (Å²) in [6, 6.07) is 8.50. The number of hydrogen-bond donors (Lipinski definition) is 4. The van der Waals surface area contributed by atoms with Crippen molar-refractivity contribution in [1.29, 1.82) is 0 Å². The second kappa shape index (κ2) is 10.1. The van der Waals surface area contributed by atoms with E-state index in [9.17, 15) is 14.7 Å². The molecule has 5 rings (SSSR count). The highest BCUT2D eigenvalue weighted by Gasteiger charge is 2.66. The van der Waals surface area contributed by atoms with E-state index in [4.69, 9.17) is 23.2 Å². The molecule has 204 valence electrons. The van der Waals surface area contributed by atoms with Crippen LogP contribution in [0, 0.1) is 11.2 Å². The normalized spacial score (nSPS) is 30.8. The Morgan fingerprint density at radius 2 is 1.87 bits per heavy atom. The summed E-state index contributed by atoms with van der Waals surface area (Å²) in [6.07, 6.45) is 2.75. The first kappa shape index (κ1) is 27.4. The van der Waals surface area contributed by atoms with Crippen molar-refractivity contribution in [3.63, 3.8) is 0 Å². The molecule has 1 saturated heterocycles. The van der Waals surface area contributed by atoms with Crippen molar-refractivity contribution >= 4 is 40.7 Å². The van der Waals surface area contributed by atoms with E-state index in [-0.39, 0.29) is 40.0 Å². The molecule has 0 aromatic heterocycles. The number of rotatable bonds is 4. The van der Waals surface area contributed by atoms with Crippen LogP contribution in [0.4, 0.5) is 10.1 Å². The Labute approximate surface area is 232 Å². The number of aliphatic hydroxyl groups is 1. The Balaban J connectivity index is 1.67. The van der Waals surface area contributed by atoms with Gasteiger partial charge < -0.3 is 21.1 Å². The van der Waals surface area contributed by atoms with Crippen LogP contribution in [-0.4, -0.2) is 41.2 Å². The van der Waals surface area contributed by atoms with Gasteiger partial charge in [-0.3, -0.25) is 9.59 Å². The van der Waals surface area contributed by atoms with Crippen LogP contribution in [0.15, 0.2) is 36.4 Å². The Bertz CT molecular complexity index is 1260. The third-order valence-corrected chi connectivity index (χ3v) is 8.79. The highest BCUT2D eigenvalue weighted by Crippen LogP contribution is 2.57. The zero-order valence-corrected chi connectivity index (χ0v) is 23.3. The van der Waals surface area contributed by atoms with Crippen molar-refractivity contribution in [2.24, 2.45) is 5.41 Å². The third kappa shape index (κ3) is 4.72. The van der Waals surface area contributed by atoms with E-state index < -0.39 is 29.2 Å². The molecular formula is C29H34Cl2FN3O3. The predicted molar refractivity (Wildman–Crippen MR) is 147 cm³/mol. The number of amides is 2. The van der Waals surface area contributed by atoms with Gasteiger partial charge in [0, 0.05) is 28.7 Å². The van der Waals surface area contributed by atoms with Crippen molar-refractivity contribution < 1.29 is 19.1 Å². The number of nitrogens with one attached hydrogen (secondary N) is 3. The number of halogens is 3. The van der Waals surface area contributed by atoms with Crippen molar-refractivity contribution in [3.8, 4) is 0 Å². The van der Waals surface area contributed by atoms with Gasteiger partial charge in [-0.25, -0.2) is 4.39 Å². The average molecular weight is 563 g/mol. The molecular weight excluding hydrogens is 528 g/mol. The number of carbonyl (C=O) groups is 2. The van der Waals surface area contributed by atoms with E-state index in [1.165, 1.54) is 6.07 Å². The molecule has 6 nitrogen and oxygen atoms in total. The number of aliphatic hydroxyl groups excluding tert-OH is 1. The van der Waals surface area contributed by atoms with Crippen LogP contribution in [0.3, 0.4) is 0 Å². The zero-order valence-electron chi connectivity index (χ0n) is 21.8. The molecule has 0 radical (unpaired) electrons. The van der Waals surface area contributed by atoms with Gasteiger partial charge in [0.05, 0.1) is 17.2 Å². The lowest BCUT2D eigenvalue weighted by Gasteiger charge is -2.38. The lowest BCUT2D eigenvalue weighted by Crippen LogP contribution is -2.50. The first-order chi connectivity index (χ1) is 17.9. The summed E-state index contributed by atoms with van der Waals surface area (Å²) in [5, 5.41) is 19.9. The average Bonchev–Trinajstić information content (AvgIpc) is 3.31. The highest BCUT2D eigenvalue weighted by atomic mass is 35.5. The van der Waals surface area contributed by atoms with Crippen molar-refractivity contribution in [2.75, 3.05) is 5.32 Å². The van der Waals surface area contributed by atoms with Gasteiger partial charge in [-0.2, -0.15) is 0 Å². The molecule has 0 bridgehead atoms. The van der Waals surface area contributed by atoms with E-state index in [1.807, 2.05) is 6.07 Å². The fraction of sp³-hybridized carbons (Fsp3) is 0.517. The summed E-state index contributed by atoms with van der Waals surface area (Å²) < 4.78 is 15.8. The van der Waals surface area contributed by atoms with E-state index in [2.05, 4.69) is 36.7 Å². The first-order valence-electron chi connectivity index (χ1n) is 13.2. The molecule has 2 fully saturated rings. The number of benzene rings is 2. The maximum absolute atomic E-state index is 15.8. The highest BCUT2D eigenvalue weighted by molar-refractivity contribution is 6.31. The van der Waals surface area contributed by atoms with Gasteiger partial charge in [-0.05, 0) is 66.8 Å². The molecule has 4 N–H and O–H groups in total. The van der Waals surface area contributed by atoms with Crippen LogP contribution >= 0.6 is 23.2 Å². The monoisotopic (exact) mass is 561 g/mol. The second-order valence-electron chi connectivity index (χ2n) is 12.1. The number of anilines is 1. The van der Waals surface area contributed by atoms with Crippen molar-refractivity contribution in [3.05, 3.63) is 63.4 Å². The fourth-order valence-electron chi connectivity index (χ4n) is 6.66. The summed E-state index contributed by atoms with van der Waals surface area (Å²) in [5.74, 6) is -2.09. The van der Waals surface area contributed by atoms with Gasteiger partial charge in [0.15, 0.2) is 0 Å². The smallest absolute Gasteiger partial charge is 0.238 e. The lowest BCUT2D eigenvalue weighted by molar-refractivity contribution is -0.124. The molecule has 1 aliphatic carbocycles. The Hall–Kier alpha value is -2.19. The Morgan fingerprint density at radius 3 is 2.55 bits per heavy atom. The molecule has 2 aliphatic heterocycles. The first-order valence-corrected chi connectivity index (χ1v) is 14.0. The molecule has 2 heterocycles. The maximum atomic E-state index is 15.8. The van der Waals surface area contributed by atoms with Gasteiger partial charge in [-0.1, -0.05) is 62.2 Å². The molecule has 4 atom stereocenters. The summed E-state index contributed by atoms with van der Waals surface area (Å²) in [7, 11) is 0. The van der Waals surface area contributed by atoms with Crippen LogP contribution < -0.4 is 16.0 Å². The second-order valence-corrected chi connectivity index (χ2v) is 13.0. The van der Waals surface area contributed by atoms with Gasteiger partial charge in [-0.15, -0.1) is 0 Å². The molecule has 3 aliphatic rings.